The Labute approximate surface area is 187 Å². The van der Waals surface area contributed by atoms with Gasteiger partial charge in [0.25, 0.3) is 0 Å². The van der Waals surface area contributed by atoms with Gasteiger partial charge >= 0.3 is 188 Å². The van der Waals surface area contributed by atoms with Crippen molar-refractivity contribution < 1.29 is 4.42 Å². The first-order chi connectivity index (χ1) is 15.0. The molecule has 0 saturated heterocycles. The Morgan fingerprint density at radius 1 is 0.677 bits per heavy atom. The molecule has 3 heteroatoms. The number of hydrogen-bond donors (Lipinski definition) is 0. The van der Waals surface area contributed by atoms with Crippen LogP contribution in [0.5, 0.6) is 0 Å². The van der Waals surface area contributed by atoms with Crippen molar-refractivity contribution in [3.63, 3.8) is 0 Å². The van der Waals surface area contributed by atoms with Crippen LogP contribution in [0.15, 0.2) is 89.3 Å². The second-order valence-corrected chi connectivity index (χ2v) is 11.3. The summed E-state index contributed by atoms with van der Waals surface area (Å²) in [6.45, 7) is 6.84. The summed E-state index contributed by atoms with van der Waals surface area (Å²) in [5.41, 5.74) is 4.20. The minimum atomic E-state index is -0.0979. The van der Waals surface area contributed by atoms with Gasteiger partial charge in [-0.1, -0.05) is 0 Å². The quantitative estimate of drug-likeness (QED) is 0.240. The monoisotopic (exact) mass is 469 g/mol. The van der Waals surface area contributed by atoms with Crippen LogP contribution in [-0.4, -0.2) is 20.0 Å². The van der Waals surface area contributed by atoms with Crippen LogP contribution in [0, 0.1) is 0 Å². The van der Waals surface area contributed by atoms with E-state index in [1.165, 1.54) is 35.8 Å². The Morgan fingerprint density at radius 3 is 2.23 bits per heavy atom. The summed E-state index contributed by atoms with van der Waals surface area (Å²) in [4.78, 5) is 2.47. The van der Waals surface area contributed by atoms with Gasteiger partial charge in [-0.25, -0.2) is 0 Å². The molecule has 6 rings (SSSR count). The SMILES string of the molecule is CC(C)(C)N(c1ccc2c(c1)oc1ccccc12)c1cccc2[se]c3ccccc3c12. The molecule has 0 aliphatic heterocycles. The van der Waals surface area contributed by atoms with Crippen LogP contribution in [-0.2, 0) is 0 Å². The average Bonchev–Trinajstić information content (AvgIpc) is 3.31. The van der Waals surface area contributed by atoms with Crippen LogP contribution in [0.1, 0.15) is 20.8 Å². The molecule has 4 aromatic carbocycles. The van der Waals surface area contributed by atoms with Crippen LogP contribution in [0.4, 0.5) is 11.4 Å². The Balaban J connectivity index is 1.63. The molecule has 0 unspecified atom stereocenters. The van der Waals surface area contributed by atoms with Crippen molar-refractivity contribution in [1.29, 1.82) is 0 Å². The normalized spacial score (nSPS) is 12.4. The van der Waals surface area contributed by atoms with Crippen LogP contribution in [0.2, 0.25) is 0 Å². The van der Waals surface area contributed by atoms with Crippen molar-refractivity contribution in [1.82, 2.24) is 0 Å². The summed E-state index contributed by atoms with van der Waals surface area (Å²) in [7, 11) is 0. The molecule has 6 aromatic rings. The fourth-order valence-corrected chi connectivity index (χ4v) is 7.05. The molecule has 0 spiro atoms. The number of rotatable bonds is 2. The summed E-state index contributed by atoms with van der Waals surface area (Å²) >= 11 is 0.355. The second kappa shape index (κ2) is 6.75. The Bertz CT molecular complexity index is 1580. The molecule has 0 aliphatic carbocycles. The van der Waals surface area contributed by atoms with Gasteiger partial charge in [-0.15, -0.1) is 0 Å². The number of furan rings is 1. The molecule has 2 heterocycles. The van der Waals surface area contributed by atoms with Crippen molar-refractivity contribution in [2.24, 2.45) is 0 Å². The summed E-state index contributed by atoms with van der Waals surface area (Å²) in [5.74, 6) is 0. The van der Waals surface area contributed by atoms with Crippen LogP contribution in [0.3, 0.4) is 0 Å². The predicted molar refractivity (Wildman–Crippen MR) is 134 cm³/mol. The van der Waals surface area contributed by atoms with E-state index >= 15 is 0 Å². The molecule has 0 atom stereocenters. The molecule has 0 fully saturated rings. The number of fused-ring (bicyclic) bond motifs is 6. The van der Waals surface area contributed by atoms with Gasteiger partial charge in [0.15, 0.2) is 0 Å². The summed E-state index contributed by atoms with van der Waals surface area (Å²) in [5, 5.41) is 5.11. The molecule has 31 heavy (non-hydrogen) atoms. The third-order valence-electron chi connectivity index (χ3n) is 5.91. The van der Waals surface area contributed by atoms with E-state index in [-0.39, 0.29) is 5.54 Å². The van der Waals surface area contributed by atoms with E-state index in [4.69, 9.17) is 4.42 Å². The van der Waals surface area contributed by atoms with Gasteiger partial charge in [-0.05, 0) is 0 Å². The van der Waals surface area contributed by atoms with E-state index in [2.05, 4.69) is 98.5 Å². The predicted octanol–water partition coefficient (Wildman–Crippen LogP) is 7.89. The third-order valence-corrected chi connectivity index (χ3v) is 8.30. The van der Waals surface area contributed by atoms with E-state index in [0.29, 0.717) is 14.5 Å². The average molecular weight is 468 g/mol. The van der Waals surface area contributed by atoms with E-state index < -0.39 is 0 Å². The summed E-state index contributed by atoms with van der Waals surface area (Å²) in [6, 6.07) is 30.5. The van der Waals surface area contributed by atoms with Crippen molar-refractivity contribution >= 4 is 67.1 Å². The fraction of sp³-hybridized carbons (Fsp3) is 0.143. The van der Waals surface area contributed by atoms with Crippen molar-refractivity contribution in [2.45, 2.75) is 26.3 Å². The van der Waals surface area contributed by atoms with E-state index in [9.17, 15) is 0 Å². The van der Waals surface area contributed by atoms with Crippen LogP contribution >= 0.6 is 0 Å². The van der Waals surface area contributed by atoms with E-state index in [1.807, 2.05) is 12.1 Å². The third kappa shape index (κ3) is 2.92. The Kier molecular flexibility index (Phi) is 4.08. The molecular formula is C28H23NOSe. The van der Waals surface area contributed by atoms with Crippen LogP contribution in [0.25, 0.3) is 41.2 Å². The van der Waals surface area contributed by atoms with Crippen molar-refractivity contribution in [2.75, 3.05) is 4.90 Å². The van der Waals surface area contributed by atoms with Gasteiger partial charge in [0, 0.05) is 0 Å². The molecule has 0 aliphatic rings. The molecule has 0 bridgehead atoms. The van der Waals surface area contributed by atoms with Gasteiger partial charge < -0.3 is 0 Å². The van der Waals surface area contributed by atoms with Crippen molar-refractivity contribution in [3.8, 4) is 0 Å². The molecule has 0 N–H and O–H groups in total. The molecule has 2 nitrogen and oxygen atoms in total. The molecule has 2 aromatic heterocycles. The molecular weight excluding hydrogens is 445 g/mol. The zero-order valence-corrected chi connectivity index (χ0v) is 19.6. The van der Waals surface area contributed by atoms with E-state index in [0.717, 1.165) is 16.9 Å². The Hall–Kier alpha value is -3.00. The first-order valence-electron chi connectivity index (χ1n) is 10.6. The number of para-hydroxylation sites is 1. The minimum absolute atomic E-state index is 0.0979. The first-order valence-corrected chi connectivity index (χ1v) is 12.3. The maximum absolute atomic E-state index is 6.22. The Morgan fingerprint density at radius 2 is 1.39 bits per heavy atom. The molecule has 0 radical (unpaired) electrons. The van der Waals surface area contributed by atoms with Gasteiger partial charge in [-0.2, -0.15) is 0 Å². The molecule has 0 amide bonds. The fourth-order valence-electron chi connectivity index (χ4n) is 4.68. The van der Waals surface area contributed by atoms with Gasteiger partial charge in [0.05, 0.1) is 0 Å². The topological polar surface area (TPSA) is 16.4 Å². The number of benzene rings is 4. The van der Waals surface area contributed by atoms with Gasteiger partial charge in [-0.3, -0.25) is 0 Å². The number of anilines is 2. The zero-order valence-electron chi connectivity index (χ0n) is 17.8. The van der Waals surface area contributed by atoms with E-state index in [1.54, 1.807) is 0 Å². The summed E-state index contributed by atoms with van der Waals surface area (Å²) in [6.07, 6.45) is 0. The zero-order chi connectivity index (χ0) is 21.2. The number of hydrogen-bond acceptors (Lipinski definition) is 2. The molecule has 0 saturated carbocycles. The van der Waals surface area contributed by atoms with Gasteiger partial charge in [0.2, 0.25) is 0 Å². The van der Waals surface area contributed by atoms with Crippen LogP contribution < -0.4 is 4.90 Å². The molecule has 152 valence electrons. The number of nitrogens with zero attached hydrogens (tertiary/aromatic N) is 1. The maximum atomic E-state index is 6.22. The second-order valence-electron chi connectivity index (χ2n) is 9.03. The standard InChI is InChI=1S/C28H23NOSe/c1-28(2,3)29(18-15-16-20-19-9-4-6-12-23(19)30-24(20)17-18)22-11-8-14-26-27(22)21-10-5-7-13-25(21)31-26/h4-17H,1-3H3. The summed E-state index contributed by atoms with van der Waals surface area (Å²) < 4.78 is 9.15. The first kappa shape index (κ1) is 18.7. The van der Waals surface area contributed by atoms with Crippen molar-refractivity contribution in [3.05, 3.63) is 84.9 Å². The van der Waals surface area contributed by atoms with Gasteiger partial charge in [0.1, 0.15) is 0 Å².